The first-order valence-electron chi connectivity index (χ1n) is 6.94. The summed E-state index contributed by atoms with van der Waals surface area (Å²) in [5.74, 6) is -9.40. The van der Waals surface area contributed by atoms with Gasteiger partial charge in [-0.3, -0.25) is 4.79 Å². The Labute approximate surface area is 151 Å². The van der Waals surface area contributed by atoms with Gasteiger partial charge in [-0.05, 0) is 24.3 Å². The minimum atomic E-state index is -4.22. The number of carbonyl (C=O) groups is 1. The summed E-state index contributed by atoms with van der Waals surface area (Å²) in [6.45, 7) is -2.60. The van der Waals surface area contributed by atoms with Crippen LogP contribution in [0.5, 0.6) is 0 Å². The first kappa shape index (κ1) is 18.2. The predicted octanol–water partition coefficient (Wildman–Crippen LogP) is 3.70. The van der Waals surface area contributed by atoms with E-state index in [0.29, 0.717) is 10.5 Å². The number of halogens is 5. The monoisotopic (exact) mass is 439 g/mol. The van der Waals surface area contributed by atoms with E-state index < -0.39 is 30.8 Å². The van der Waals surface area contributed by atoms with Crippen molar-refractivity contribution in [2.75, 3.05) is 18.8 Å². The number of benzene rings is 1. The second-order valence-corrected chi connectivity index (χ2v) is 7.17. The Hall–Kier alpha value is -1.62. The number of alkyl halides is 4. The van der Waals surface area contributed by atoms with E-state index in [2.05, 4.69) is 26.1 Å². The van der Waals surface area contributed by atoms with Gasteiger partial charge < -0.3 is 9.32 Å². The predicted molar refractivity (Wildman–Crippen MR) is 84.6 cm³/mol. The minimum absolute atomic E-state index is 0.0454. The van der Waals surface area contributed by atoms with Gasteiger partial charge in [-0.1, -0.05) is 27.7 Å². The molecule has 0 aliphatic carbocycles. The number of likely N-dealkylation sites (tertiary alicyclic amines) is 1. The number of aromatic nitrogens is 2. The van der Waals surface area contributed by atoms with Crippen molar-refractivity contribution >= 4 is 33.6 Å². The molecule has 0 spiro atoms. The standard InChI is InChI=1S/C14H10BrF4N3O2S/c15-9-3-1-8(2-4-9)11-20-21-12(24-11)25-5-10(23)22-6-13(16,17)14(18,19)7-22/h1-4H,5-7H2. The van der Waals surface area contributed by atoms with Crippen molar-refractivity contribution in [2.24, 2.45) is 0 Å². The minimum Gasteiger partial charge on any atom is -0.411 e. The quantitative estimate of drug-likeness (QED) is 0.536. The lowest BCUT2D eigenvalue weighted by Gasteiger charge is -2.14. The molecule has 0 saturated carbocycles. The van der Waals surface area contributed by atoms with E-state index in [4.69, 9.17) is 4.42 Å². The fourth-order valence-electron chi connectivity index (χ4n) is 2.13. The van der Waals surface area contributed by atoms with Crippen molar-refractivity contribution in [3.8, 4) is 11.5 Å². The Balaban J connectivity index is 1.59. The van der Waals surface area contributed by atoms with Gasteiger partial charge in [-0.15, -0.1) is 10.2 Å². The van der Waals surface area contributed by atoms with E-state index >= 15 is 0 Å². The van der Waals surface area contributed by atoms with Crippen LogP contribution < -0.4 is 0 Å². The highest BCUT2D eigenvalue weighted by atomic mass is 79.9. The molecular formula is C14H10BrF4N3O2S. The summed E-state index contributed by atoms with van der Waals surface area (Å²) >= 11 is 4.10. The van der Waals surface area contributed by atoms with Crippen LogP contribution in [0.15, 0.2) is 38.4 Å². The average molecular weight is 440 g/mol. The number of hydrogen-bond donors (Lipinski definition) is 0. The number of thioether (sulfide) groups is 1. The fraction of sp³-hybridized carbons (Fsp3) is 0.357. The molecule has 1 aliphatic heterocycles. The molecule has 11 heteroatoms. The van der Waals surface area contributed by atoms with E-state index in [0.717, 1.165) is 16.2 Å². The van der Waals surface area contributed by atoms with Crippen molar-refractivity contribution in [3.05, 3.63) is 28.7 Å². The zero-order valence-corrected chi connectivity index (χ0v) is 14.8. The molecule has 5 nitrogen and oxygen atoms in total. The van der Waals surface area contributed by atoms with Crippen LogP contribution in [0.1, 0.15) is 0 Å². The molecular weight excluding hydrogens is 430 g/mol. The normalized spacial score (nSPS) is 18.5. The lowest BCUT2D eigenvalue weighted by molar-refractivity contribution is -0.172. The summed E-state index contributed by atoms with van der Waals surface area (Å²) < 4.78 is 58.7. The lowest BCUT2D eigenvalue weighted by Crippen LogP contribution is -2.38. The lowest BCUT2D eigenvalue weighted by atomic mass is 10.2. The Morgan fingerprint density at radius 3 is 2.36 bits per heavy atom. The zero-order valence-electron chi connectivity index (χ0n) is 12.4. The number of nitrogens with zero attached hydrogens (tertiary/aromatic N) is 3. The third kappa shape index (κ3) is 3.81. The Bertz CT molecular complexity index is 769. The SMILES string of the molecule is O=C(CSc1nnc(-c2ccc(Br)cc2)o1)N1CC(F)(F)C(F)(F)C1. The molecule has 0 radical (unpaired) electrons. The van der Waals surface area contributed by atoms with Gasteiger partial charge in [0.1, 0.15) is 0 Å². The van der Waals surface area contributed by atoms with Gasteiger partial charge in [0.15, 0.2) is 0 Å². The molecule has 1 aromatic carbocycles. The molecule has 3 rings (SSSR count). The smallest absolute Gasteiger partial charge is 0.329 e. The molecule has 1 aromatic heterocycles. The fourth-order valence-corrected chi connectivity index (χ4v) is 3.07. The largest absolute Gasteiger partial charge is 0.411 e. The highest BCUT2D eigenvalue weighted by Crippen LogP contribution is 2.41. The van der Waals surface area contributed by atoms with Crippen molar-refractivity contribution in [1.82, 2.24) is 15.1 Å². The number of rotatable bonds is 4. The topological polar surface area (TPSA) is 59.2 Å². The molecule has 134 valence electrons. The molecule has 0 atom stereocenters. The van der Waals surface area contributed by atoms with Crippen molar-refractivity contribution in [1.29, 1.82) is 0 Å². The molecule has 0 N–H and O–H groups in total. The molecule has 0 bridgehead atoms. The van der Waals surface area contributed by atoms with E-state index in [9.17, 15) is 22.4 Å². The van der Waals surface area contributed by atoms with Crippen LogP contribution >= 0.6 is 27.7 Å². The third-order valence-electron chi connectivity index (χ3n) is 3.48. The summed E-state index contributed by atoms with van der Waals surface area (Å²) in [4.78, 5) is 12.3. The van der Waals surface area contributed by atoms with Crippen LogP contribution in [0.25, 0.3) is 11.5 Å². The molecule has 25 heavy (non-hydrogen) atoms. The summed E-state index contributed by atoms with van der Waals surface area (Å²) in [6.07, 6.45) is 0. The van der Waals surface area contributed by atoms with Crippen LogP contribution in [0, 0.1) is 0 Å². The second kappa shape index (κ2) is 6.60. The molecule has 1 saturated heterocycles. The first-order valence-corrected chi connectivity index (χ1v) is 8.71. The van der Waals surface area contributed by atoms with Gasteiger partial charge >= 0.3 is 11.8 Å². The maximum absolute atomic E-state index is 13.1. The van der Waals surface area contributed by atoms with E-state index in [-0.39, 0.29) is 16.9 Å². The van der Waals surface area contributed by atoms with Crippen molar-refractivity contribution in [2.45, 2.75) is 17.1 Å². The molecule has 1 amide bonds. The van der Waals surface area contributed by atoms with Crippen molar-refractivity contribution < 1.29 is 26.8 Å². The van der Waals surface area contributed by atoms with Crippen LogP contribution in [-0.4, -0.2) is 51.7 Å². The van der Waals surface area contributed by atoms with Crippen LogP contribution in [0.2, 0.25) is 0 Å². The molecule has 1 aliphatic rings. The van der Waals surface area contributed by atoms with Crippen LogP contribution in [0.3, 0.4) is 0 Å². The second-order valence-electron chi connectivity index (χ2n) is 5.33. The Morgan fingerprint density at radius 1 is 1.16 bits per heavy atom. The van der Waals surface area contributed by atoms with Gasteiger partial charge in [-0.2, -0.15) is 17.6 Å². The van der Waals surface area contributed by atoms with E-state index in [1.54, 1.807) is 24.3 Å². The number of amides is 1. The molecule has 2 heterocycles. The van der Waals surface area contributed by atoms with E-state index in [1.807, 2.05) is 0 Å². The summed E-state index contributed by atoms with van der Waals surface area (Å²) in [5.41, 5.74) is 0.660. The summed E-state index contributed by atoms with van der Waals surface area (Å²) in [7, 11) is 0. The Kier molecular flexibility index (Phi) is 4.80. The maximum Gasteiger partial charge on any atom is 0.329 e. The summed E-state index contributed by atoms with van der Waals surface area (Å²) in [5, 5.41) is 7.60. The number of carbonyl (C=O) groups excluding carboxylic acids is 1. The molecule has 0 unspecified atom stereocenters. The van der Waals surface area contributed by atoms with Gasteiger partial charge in [0.25, 0.3) is 5.22 Å². The molecule has 2 aromatic rings. The van der Waals surface area contributed by atoms with Crippen molar-refractivity contribution in [3.63, 3.8) is 0 Å². The molecule has 1 fully saturated rings. The highest BCUT2D eigenvalue weighted by Gasteiger charge is 2.63. The van der Waals surface area contributed by atoms with E-state index in [1.165, 1.54) is 0 Å². The zero-order chi connectivity index (χ0) is 18.2. The van der Waals surface area contributed by atoms with Gasteiger partial charge in [-0.25, -0.2) is 0 Å². The van der Waals surface area contributed by atoms with Gasteiger partial charge in [0, 0.05) is 10.0 Å². The highest BCUT2D eigenvalue weighted by molar-refractivity contribution is 9.10. The first-order chi connectivity index (χ1) is 11.7. The Morgan fingerprint density at radius 2 is 1.76 bits per heavy atom. The van der Waals surface area contributed by atoms with Crippen LogP contribution in [-0.2, 0) is 4.79 Å². The third-order valence-corrected chi connectivity index (χ3v) is 4.82. The maximum atomic E-state index is 13.1. The average Bonchev–Trinajstić information content (AvgIpc) is 3.08. The van der Waals surface area contributed by atoms with Gasteiger partial charge in [0.05, 0.1) is 18.8 Å². The van der Waals surface area contributed by atoms with Crippen LogP contribution in [0.4, 0.5) is 17.6 Å². The number of hydrogen-bond acceptors (Lipinski definition) is 5. The van der Waals surface area contributed by atoms with Gasteiger partial charge in [0.2, 0.25) is 11.8 Å². The summed E-state index contributed by atoms with van der Waals surface area (Å²) in [6, 6.07) is 7.05.